The Bertz CT molecular complexity index is 420. The van der Waals surface area contributed by atoms with Gasteiger partial charge in [0.25, 0.3) is 0 Å². The normalized spacial score (nSPS) is 30.1. The van der Waals surface area contributed by atoms with Crippen molar-refractivity contribution in [1.82, 2.24) is 15.6 Å². The number of carbonyl (C=O) groups is 1. The van der Waals surface area contributed by atoms with Crippen LogP contribution in [0.2, 0.25) is 0 Å². The Morgan fingerprint density at radius 1 is 1.39 bits per heavy atom. The van der Waals surface area contributed by atoms with E-state index in [1.807, 2.05) is 12.1 Å². The quantitative estimate of drug-likeness (QED) is 0.838. The van der Waals surface area contributed by atoms with Crippen molar-refractivity contribution in [1.29, 1.82) is 0 Å². The molecule has 3 rings (SSSR count). The third-order valence-corrected chi connectivity index (χ3v) is 4.24. The summed E-state index contributed by atoms with van der Waals surface area (Å²) in [4.78, 5) is 16.1. The third kappa shape index (κ3) is 2.25. The van der Waals surface area contributed by atoms with Crippen molar-refractivity contribution in [2.45, 2.75) is 31.8 Å². The smallest absolute Gasteiger partial charge is 0.237 e. The number of carbonyl (C=O) groups excluding carboxylic acids is 1. The molecule has 2 heterocycles. The van der Waals surface area contributed by atoms with Gasteiger partial charge in [0.05, 0.1) is 6.04 Å². The van der Waals surface area contributed by atoms with Crippen molar-refractivity contribution in [3.8, 4) is 0 Å². The van der Waals surface area contributed by atoms with Gasteiger partial charge in [-0.3, -0.25) is 9.78 Å². The SMILES string of the molecule is O=C(NCc1ccncc1)C1NCC2CCCC21. The zero-order valence-corrected chi connectivity index (χ0v) is 10.4. The van der Waals surface area contributed by atoms with Crippen LogP contribution in [0.5, 0.6) is 0 Å². The van der Waals surface area contributed by atoms with Gasteiger partial charge < -0.3 is 10.6 Å². The number of aromatic nitrogens is 1. The van der Waals surface area contributed by atoms with Crippen LogP contribution in [0.4, 0.5) is 0 Å². The lowest BCUT2D eigenvalue weighted by atomic mass is 9.93. The van der Waals surface area contributed by atoms with Crippen molar-refractivity contribution < 1.29 is 4.79 Å². The molecule has 3 unspecified atom stereocenters. The molecule has 4 heteroatoms. The minimum Gasteiger partial charge on any atom is -0.351 e. The lowest BCUT2D eigenvalue weighted by Crippen LogP contribution is -2.43. The van der Waals surface area contributed by atoms with Crippen molar-refractivity contribution in [2.75, 3.05) is 6.54 Å². The van der Waals surface area contributed by atoms with Crippen LogP contribution in [0, 0.1) is 11.8 Å². The summed E-state index contributed by atoms with van der Waals surface area (Å²) >= 11 is 0. The van der Waals surface area contributed by atoms with Crippen LogP contribution in [0.15, 0.2) is 24.5 Å². The molecule has 0 bridgehead atoms. The topological polar surface area (TPSA) is 54.0 Å². The minimum absolute atomic E-state index is 0.0272. The van der Waals surface area contributed by atoms with E-state index in [0.717, 1.165) is 18.0 Å². The van der Waals surface area contributed by atoms with E-state index in [4.69, 9.17) is 0 Å². The molecule has 4 nitrogen and oxygen atoms in total. The van der Waals surface area contributed by atoms with Gasteiger partial charge in [0.2, 0.25) is 5.91 Å². The number of nitrogens with one attached hydrogen (secondary N) is 2. The Hall–Kier alpha value is -1.42. The van der Waals surface area contributed by atoms with Crippen LogP contribution in [0.3, 0.4) is 0 Å². The molecule has 0 spiro atoms. The maximum atomic E-state index is 12.2. The Balaban J connectivity index is 1.56. The van der Waals surface area contributed by atoms with Gasteiger partial charge in [-0.2, -0.15) is 0 Å². The fourth-order valence-electron chi connectivity index (χ4n) is 3.27. The van der Waals surface area contributed by atoms with E-state index in [2.05, 4.69) is 15.6 Å². The molecule has 0 aromatic carbocycles. The first-order valence-corrected chi connectivity index (χ1v) is 6.74. The molecule has 0 radical (unpaired) electrons. The molecule has 1 aromatic heterocycles. The summed E-state index contributed by atoms with van der Waals surface area (Å²) in [6.07, 6.45) is 7.27. The summed E-state index contributed by atoms with van der Waals surface area (Å²) in [7, 11) is 0. The molecule has 1 saturated heterocycles. The van der Waals surface area contributed by atoms with Crippen molar-refractivity contribution in [3.63, 3.8) is 0 Å². The number of hydrogen-bond donors (Lipinski definition) is 2. The van der Waals surface area contributed by atoms with Crippen LogP contribution >= 0.6 is 0 Å². The molecular weight excluding hydrogens is 226 g/mol. The summed E-state index contributed by atoms with van der Waals surface area (Å²) in [6, 6.07) is 3.89. The van der Waals surface area contributed by atoms with Gasteiger partial charge in [-0.15, -0.1) is 0 Å². The molecule has 96 valence electrons. The molecule has 1 aliphatic heterocycles. The van der Waals surface area contributed by atoms with E-state index >= 15 is 0 Å². The number of rotatable bonds is 3. The first-order valence-electron chi connectivity index (χ1n) is 6.74. The largest absolute Gasteiger partial charge is 0.351 e. The number of fused-ring (bicyclic) bond motifs is 1. The van der Waals surface area contributed by atoms with E-state index in [-0.39, 0.29) is 11.9 Å². The summed E-state index contributed by atoms with van der Waals surface area (Å²) in [5.41, 5.74) is 1.10. The third-order valence-electron chi connectivity index (χ3n) is 4.24. The second-order valence-electron chi connectivity index (χ2n) is 5.31. The zero-order valence-electron chi connectivity index (χ0n) is 10.4. The van der Waals surface area contributed by atoms with Gasteiger partial charge in [-0.1, -0.05) is 6.42 Å². The standard InChI is InChI=1S/C14H19N3O/c18-14(17-8-10-4-6-15-7-5-10)13-12-3-1-2-11(12)9-16-13/h4-7,11-13,16H,1-3,8-9H2,(H,17,18). The van der Waals surface area contributed by atoms with Gasteiger partial charge in [-0.25, -0.2) is 0 Å². The molecule has 1 aliphatic carbocycles. The number of nitrogens with zero attached hydrogens (tertiary/aromatic N) is 1. The summed E-state index contributed by atoms with van der Waals surface area (Å²) in [6.45, 7) is 1.61. The predicted octanol–water partition coefficient (Wildman–Crippen LogP) is 1.09. The minimum atomic E-state index is 0.0272. The summed E-state index contributed by atoms with van der Waals surface area (Å²) < 4.78 is 0. The fraction of sp³-hybridized carbons (Fsp3) is 0.571. The second-order valence-corrected chi connectivity index (χ2v) is 5.31. The maximum Gasteiger partial charge on any atom is 0.237 e. The molecule has 3 atom stereocenters. The second kappa shape index (κ2) is 5.06. The van der Waals surface area contributed by atoms with E-state index in [1.165, 1.54) is 19.3 Å². The van der Waals surface area contributed by atoms with Crippen molar-refractivity contribution in [3.05, 3.63) is 30.1 Å². The van der Waals surface area contributed by atoms with Gasteiger partial charge >= 0.3 is 0 Å². The van der Waals surface area contributed by atoms with Crippen molar-refractivity contribution in [2.24, 2.45) is 11.8 Å². The zero-order chi connectivity index (χ0) is 12.4. The highest BCUT2D eigenvalue weighted by Gasteiger charge is 2.42. The first kappa shape index (κ1) is 11.7. The number of hydrogen-bond acceptors (Lipinski definition) is 3. The average Bonchev–Trinajstić information content (AvgIpc) is 2.99. The lowest BCUT2D eigenvalue weighted by molar-refractivity contribution is -0.123. The van der Waals surface area contributed by atoms with Crippen LogP contribution in [0.25, 0.3) is 0 Å². The van der Waals surface area contributed by atoms with Crippen LogP contribution < -0.4 is 10.6 Å². The van der Waals surface area contributed by atoms with Gasteiger partial charge in [0.1, 0.15) is 0 Å². The van der Waals surface area contributed by atoms with Crippen LogP contribution in [0.1, 0.15) is 24.8 Å². The lowest BCUT2D eigenvalue weighted by Gasteiger charge is -2.17. The highest BCUT2D eigenvalue weighted by atomic mass is 16.2. The highest BCUT2D eigenvalue weighted by Crippen LogP contribution is 2.37. The molecule has 2 aliphatic rings. The number of pyridine rings is 1. The summed E-state index contributed by atoms with van der Waals surface area (Å²) in [5, 5.41) is 6.39. The molecule has 1 saturated carbocycles. The maximum absolute atomic E-state index is 12.2. The van der Waals surface area contributed by atoms with E-state index in [9.17, 15) is 4.79 Å². The van der Waals surface area contributed by atoms with Crippen LogP contribution in [-0.4, -0.2) is 23.5 Å². The molecule has 1 aromatic rings. The van der Waals surface area contributed by atoms with Gasteiger partial charge in [-0.05, 0) is 48.9 Å². The fourth-order valence-corrected chi connectivity index (χ4v) is 3.27. The van der Waals surface area contributed by atoms with E-state index in [1.54, 1.807) is 12.4 Å². The molecular formula is C14H19N3O. The Labute approximate surface area is 107 Å². The number of amides is 1. The van der Waals surface area contributed by atoms with Crippen LogP contribution in [-0.2, 0) is 11.3 Å². The van der Waals surface area contributed by atoms with Gasteiger partial charge in [0.15, 0.2) is 0 Å². The average molecular weight is 245 g/mol. The molecule has 1 amide bonds. The summed E-state index contributed by atoms with van der Waals surface area (Å²) in [5.74, 6) is 1.44. The van der Waals surface area contributed by atoms with Gasteiger partial charge in [0, 0.05) is 18.9 Å². The van der Waals surface area contributed by atoms with E-state index in [0.29, 0.717) is 12.5 Å². The predicted molar refractivity (Wildman–Crippen MR) is 68.7 cm³/mol. The Kier molecular flexibility index (Phi) is 3.28. The Morgan fingerprint density at radius 2 is 2.22 bits per heavy atom. The molecule has 2 fully saturated rings. The molecule has 2 N–H and O–H groups in total. The monoisotopic (exact) mass is 245 g/mol. The molecule has 18 heavy (non-hydrogen) atoms. The van der Waals surface area contributed by atoms with E-state index < -0.39 is 0 Å². The highest BCUT2D eigenvalue weighted by molar-refractivity contribution is 5.82. The Morgan fingerprint density at radius 3 is 3.06 bits per heavy atom. The first-order chi connectivity index (χ1) is 8.84. The van der Waals surface area contributed by atoms with Crippen molar-refractivity contribution >= 4 is 5.91 Å².